The molecular formula is C32H42O2Se2. The van der Waals surface area contributed by atoms with Gasteiger partial charge in [-0.1, -0.05) is 0 Å². The second-order valence-corrected chi connectivity index (χ2v) is 19.5. The fraction of sp³-hybridized carbons (Fsp3) is 0.625. The molecular weight excluding hydrogens is 574 g/mol. The van der Waals surface area contributed by atoms with Crippen LogP contribution < -0.4 is 18.4 Å². The zero-order chi connectivity index (χ0) is 25.2. The summed E-state index contributed by atoms with van der Waals surface area (Å²) in [4.78, 5) is 0. The van der Waals surface area contributed by atoms with Gasteiger partial charge in [-0.15, -0.1) is 0 Å². The summed E-state index contributed by atoms with van der Waals surface area (Å²) >= 11 is 0.730. The zero-order valence-corrected chi connectivity index (χ0v) is 26.1. The van der Waals surface area contributed by atoms with Gasteiger partial charge in [-0.05, 0) is 0 Å². The molecule has 0 spiro atoms. The number of para-hydroxylation sites is 2. The second-order valence-electron chi connectivity index (χ2n) is 13.3. The predicted molar refractivity (Wildman–Crippen MR) is 151 cm³/mol. The molecule has 0 amide bonds. The molecule has 0 bridgehead atoms. The first kappa shape index (κ1) is 25.4. The Labute approximate surface area is 229 Å². The Morgan fingerprint density at radius 2 is 0.944 bits per heavy atom. The van der Waals surface area contributed by atoms with Crippen LogP contribution in [0.1, 0.15) is 67.2 Å². The van der Waals surface area contributed by atoms with Crippen molar-refractivity contribution in [3.05, 3.63) is 48.5 Å². The van der Waals surface area contributed by atoms with Crippen LogP contribution in [-0.2, 0) is 0 Å². The van der Waals surface area contributed by atoms with Crippen molar-refractivity contribution in [3.63, 3.8) is 0 Å². The second kappa shape index (κ2) is 9.37. The average molecular weight is 617 g/mol. The molecule has 6 rings (SSSR count). The summed E-state index contributed by atoms with van der Waals surface area (Å²) in [5.41, 5.74) is 1.04. The number of rotatable bonds is 7. The third-order valence-corrected chi connectivity index (χ3v) is 17.7. The first-order valence-corrected chi connectivity index (χ1v) is 20.1. The van der Waals surface area contributed by atoms with E-state index in [-0.39, 0.29) is 0 Å². The van der Waals surface area contributed by atoms with Gasteiger partial charge < -0.3 is 0 Å². The van der Waals surface area contributed by atoms with Crippen LogP contribution in [0.25, 0.3) is 0 Å². The van der Waals surface area contributed by atoms with E-state index in [0.717, 1.165) is 35.2 Å². The molecule has 0 aromatic heterocycles. The summed E-state index contributed by atoms with van der Waals surface area (Å²) in [6, 6.07) is 17.7. The van der Waals surface area contributed by atoms with Crippen LogP contribution in [0.4, 0.5) is 0 Å². The molecule has 8 atom stereocenters. The summed E-state index contributed by atoms with van der Waals surface area (Å²) in [5.74, 6) is 7.07. The van der Waals surface area contributed by atoms with Gasteiger partial charge in [0.1, 0.15) is 0 Å². The normalized spacial score (nSPS) is 37.4. The maximum absolute atomic E-state index is 6.77. The van der Waals surface area contributed by atoms with Crippen molar-refractivity contribution in [1.29, 1.82) is 0 Å². The molecule has 0 aliphatic heterocycles. The first-order chi connectivity index (χ1) is 17.2. The fourth-order valence-electron chi connectivity index (χ4n) is 7.63. The van der Waals surface area contributed by atoms with Gasteiger partial charge in [0.05, 0.1) is 0 Å². The van der Waals surface area contributed by atoms with Crippen LogP contribution >= 0.6 is 0 Å². The van der Waals surface area contributed by atoms with Gasteiger partial charge in [0.25, 0.3) is 0 Å². The van der Waals surface area contributed by atoms with E-state index in [1.807, 2.05) is 0 Å². The average Bonchev–Trinajstić information content (AvgIpc) is 3.60. The predicted octanol–water partition coefficient (Wildman–Crippen LogP) is 5.86. The number of fused-ring (bicyclic) bond motifs is 2. The van der Waals surface area contributed by atoms with E-state index >= 15 is 0 Å². The topological polar surface area (TPSA) is 18.5 Å². The standard InChI is InChI=1S/C32H42O2Se2/c1-19-15-21-23(31(21,3)4)17-27(19)33-25-11-7-9-13-29(25)35-36-30-14-10-8-12-26(30)34-28-18-24-22(16-20(28)2)32(24,5)6/h7-14,19-24,27-28H,15-18H2,1-6H3/t19-,20-,21+,22+,23-,24-,27-,28-/m1/s1. The molecule has 4 fully saturated rings. The van der Waals surface area contributed by atoms with E-state index in [0.29, 0.717) is 61.1 Å². The molecule has 4 heteroatoms. The van der Waals surface area contributed by atoms with Crippen molar-refractivity contribution in [2.45, 2.75) is 79.4 Å². The molecule has 0 heterocycles. The van der Waals surface area contributed by atoms with Crippen LogP contribution in [0.2, 0.25) is 0 Å². The first-order valence-electron chi connectivity index (χ1n) is 14.0. The molecule has 194 valence electrons. The van der Waals surface area contributed by atoms with E-state index in [1.54, 1.807) is 0 Å². The minimum atomic E-state index is 0.358. The van der Waals surface area contributed by atoms with E-state index in [9.17, 15) is 0 Å². The van der Waals surface area contributed by atoms with Crippen LogP contribution in [0, 0.1) is 46.3 Å². The van der Waals surface area contributed by atoms with E-state index in [2.05, 4.69) is 90.1 Å². The molecule has 0 N–H and O–H groups in total. The van der Waals surface area contributed by atoms with Gasteiger partial charge in [0, 0.05) is 0 Å². The molecule has 36 heavy (non-hydrogen) atoms. The Hall–Kier alpha value is -0.921. The van der Waals surface area contributed by atoms with Crippen molar-refractivity contribution in [2.75, 3.05) is 0 Å². The molecule has 2 aromatic rings. The van der Waals surface area contributed by atoms with Crippen molar-refractivity contribution in [1.82, 2.24) is 0 Å². The quantitative estimate of drug-likeness (QED) is 0.363. The number of hydrogen-bond donors (Lipinski definition) is 0. The van der Waals surface area contributed by atoms with Crippen LogP contribution in [0.3, 0.4) is 0 Å². The maximum atomic E-state index is 6.77. The van der Waals surface area contributed by atoms with E-state index in [1.165, 1.54) is 34.6 Å². The summed E-state index contributed by atoms with van der Waals surface area (Å²) in [6.07, 6.45) is 5.80. The summed E-state index contributed by atoms with van der Waals surface area (Å²) in [6.45, 7) is 14.6. The van der Waals surface area contributed by atoms with Crippen molar-refractivity contribution in [3.8, 4) is 11.5 Å². The van der Waals surface area contributed by atoms with Crippen LogP contribution in [-0.4, -0.2) is 38.5 Å². The van der Waals surface area contributed by atoms with Crippen molar-refractivity contribution in [2.24, 2.45) is 46.3 Å². The summed E-state index contributed by atoms with van der Waals surface area (Å²) in [7, 11) is 0. The molecule has 2 aromatic carbocycles. The molecule has 2 nitrogen and oxygen atoms in total. The van der Waals surface area contributed by atoms with Gasteiger partial charge in [-0.3, -0.25) is 0 Å². The Morgan fingerprint density at radius 1 is 0.583 bits per heavy atom. The summed E-state index contributed by atoms with van der Waals surface area (Å²) < 4.78 is 16.4. The van der Waals surface area contributed by atoms with Crippen LogP contribution in [0.5, 0.6) is 11.5 Å². The van der Waals surface area contributed by atoms with E-state index in [4.69, 9.17) is 9.47 Å². The molecule has 0 radical (unpaired) electrons. The third-order valence-electron chi connectivity index (χ3n) is 10.5. The van der Waals surface area contributed by atoms with Crippen molar-refractivity contribution < 1.29 is 9.47 Å². The molecule has 0 unspecified atom stereocenters. The molecule has 0 saturated heterocycles. The number of hydrogen-bond acceptors (Lipinski definition) is 2. The Kier molecular flexibility index (Phi) is 6.60. The SMILES string of the molecule is C[C@@H]1C[C@H]2[C@@H](C[C@H]1Oc1ccccc1[Se][Se]c1ccccc1O[C@@H]1C[C@@H]3[C@H](C[C@H]1C)C3(C)C)C2(C)C. The van der Waals surface area contributed by atoms with Crippen molar-refractivity contribution >= 4 is 35.2 Å². The van der Waals surface area contributed by atoms with Gasteiger partial charge in [0.15, 0.2) is 0 Å². The van der Waals surface area contributed by atoms with Gasteiger partial charge in [-0.2, -0.15) is 0 Å². The van der Waals surface area contributed by atoms with Gasteiger partial charge in [0.2, 0.25) is 0 Å². The zero-order valence-electron chi connectivity index (χ0n) is 22.7. The Morgan fingerprint density at radius 3 is 1.36 bits per heavy atom. The Bertz CT molecular complexity index is 1020. The van der Waals surface area contributed by atoms with E-state index < -0.39 is 0 Å². The monoisotopic (exact) mass is 618 g/mol. The van der Waals surface area contributed by atoms with Gasteiger partial charge >= 0.3 is 230 Å². The number of ether oxygens (including phenoxy) is 2. The Balaban J connectivity index is 1.12. The number of benzene rings is 2. The van der Waals surface area contributed by atoms with Crippen LogP contribution in [0.15, 0.2) is 48.5 Å². The summed E-state index contributed by atoms with van der Waals surface area (Å²) in [5, 5.41) is 0. The van der Waals surface area contributed by atoms with Gasteiger partial charge in [-0.25, -0.2) is 0 Å². The molecule has 4 aliphatic rings. The third kappa shape index (κ3) is 4.59. The molecule has 4 saturated carbocycles. The minimum absolute atomic E-state index is 0.358. The fourth-order valence-corrected chi connectivity index (χ4v) is 14.4. The molecule has 4 aliphatic carbocycles.